The van der Waals surface area contributed by atoms with Gasteiger partial charge in [-0.1, -0.05) is 103 Å². The number of rotatable bonds is 16. The fourth-order valence-corrected chi connectivity index (χ4v) is 6.47. The molecule has 55 heavy (non-hydrogen) atoms. The fraction of sp³-hybridized carbons (Fsp3) is 0.349. The minimum absolute atomic E-state index is 0.0824. The first-order valence-electron chi connectivity index (χ1n) is 18.2. The zero-order chi connectivity index (χ0) is 38.6. The molecule has 12 heteroatoms. The van der Waals surface area contributed by atoms with E-state index in [-0.39, 0.29) is 32.0 Å². The smallest absolute Gasteiger partial charge is 0.338 e. The number of carbonyl (C=O) groups excluding carboxylic acids is 2. The molecule has 2 aliphatic rings. The third-order valence-electron chi connectivity index (χ3n) is 9.27. The molecule has 2 saturated heterocycles. The van der Waals surface area contributed by atoms with Gasteiger partial charge >= 0.3 is 11.9 Å². The minimum Gasteiger partial charge on any atom is -0.459 e. The van der Waals surface area contributed by atoms with E-state index < -0.39 is 73.4 Å². The van der Waals surface area contributed by atoms with Crippen LogP contribution in [0.2, 0.25) is 0 Å². The van der Waals surface area contributed by atoms with Crippen LogP contribution in [0.15, 0.2) is 134 Å². The number of aliphatic hydroxyl groups is 2. The van der Waals surface area contributed by atoms with E-state index in [1.165, 1.54) is 6.08 Å². The second-order valence-electron chi connectivity index (χ2n) is 13.2. The molecule has 6 rings (SSSR count). The molecule has 0 bridgehead atoms. The van der Waals surface area contributed by atoms with Gasteiger partial charge in [0.1, 0.15) is 43.2 Å². The molecule has 0 spiro atoms. The zero-order valence-corrected chi connectivity index (χ0v) is 30.4. The number of benzene rings is 4. The van der Waals surface area contributed by atoms with E-state index in [0.29, 0.717) is 5.56 Å². The first-order valence-corrected chi connectivity index (χ1v) is 18.2. The Morgan fingerprint density at radius 1 is 0.655 bits per heavy atom. The average Bonchev–Trinajstić information content (AvgIpc) is 3.22. The Kier molecular flexibility index (Phi) is 14.3. The maximum Gasteiger partial charge on any atom is 0.338 e. The highest BCUT2D eigenvalue weighted by Gasteiger charge is 2.53. The van der Waals surface area contributed by atoms with Gasteiger partial charge in [0.2, 0.25) is 0 Å². The van der Waals surface area contributed by atoms with E-state index in [1.807, 2.05) is 60.7 Å². The molecule has 10 atom stereocenters. The molecule has 0 unspecified atom stereocenters. The monoisotopic (exact) mass is 754 g/mol. The Bertz CT molecular complexity index is 1780. The van der Waals surface area contributed by atoms with Gasteiger partial charge in [-0.2, -0.15) is 0 Å². The van der Waals surface area contributed by atoms with Gasteiger partial charge in [-0.25, -0.2) is 9.59 Å². The summed E-state index contributed by atoms with van der Waals surface area (Å²) < 4.78 is 49.2. The number of ether oxygens (including phenoxy) is 8. The Balaban J connectivity index is 1.31. The zero-order valence-electron chi connectivity index (χ0n) is 30.4. The summed E-state index contributed by atoms with van der Waals surface area (Å²) in [6.07, 6.45) is -10.5. The lowest BCUT2D eigenvalue weighted by atomic mass is 9.96. The van der Waals surface area contributed by atoms with Crippen LogP contribution in [-0.4, -0.2) is 96.8 Å². The van der Waals surface area contributed by atoms with Crippen molar-refractivity contribution in [3.8, 4) is 0 Å². The highest BCUT2D eigenvalue weighted by atomic mass is 16.7. The molecule has 290 valence electrons. The average molecular weight is 755 g/mol. The van der Waals surface area contributed by atoms with Gasteiger partial charge in [-0.15, -0.1) is 6.58 Å². The van der Waals surface area contributed by atoms with Crippen molar-refractivity contribution in [3.05, 3.63) is 156 Å². The SMILES string of the molecule is C=CCO[C@@H]1[C@@H](OC(=O)c2ccccc2)[C@@H](O)[C@H](O[C@@H]2[C@H](OCc3ccccc3)[C@@H](OCc3ccccc3)[C@H](O)O[C@@H]2COC(=O)c2ccccc2)O[C@H]1C. The van der Waals surface area contributed by atoms with Crippen molar-refractivity contribution in [3.63, 3.8) is 0 Å². The molecular formula is C43H46O12. The third kappa shape index (κ3) is 10.5. The van der Waals surface area contributed by atoms with Crippen molar-refractivity contribution in [1.29, 1.82) is 0 Å². The van der Waals surface area contributed by atoms with Crippen LogP contribution in [0.4, 0.5) is 0 Å². The van der Waals surface area contributed by atoms with Crippen LogP contribution in [0.5, 0.6) is 0 Å². The summed E-state index contributed by atoms with van der Waals surface area (Å²) in [7, 11) is 0. The molecule has 0 aromatic heterocycles. The van der Waals surface area contributed by atoms with Crippen molar-refractivity contribution >= 4 is 11.9 Å². The van der Waals surface area contributed by atoms with Crippen molar-refractivity contribution in [1.82, 2.24) is 0 Å². The summed E-state index contributed by atoms with van der Waals surface area (Å²) in [5.41, 5.74) is 2.25. The summed E-state index contributed by atoms with van der Waals surface area (Å²) in [5.74, 6) is -1.31. The van der Waals surface area contributed by atoms with Gasteiger partial charge in [-0.05, 0) is 42.3 Å². The molecule has 0 amide bonds. The molecule has 2 aliphatic heterocycles. The molecule has 4 aromatic rings. The predicted octanol–water partition coefficient (Wildman–Crippen LogP) is 5.02. The summed E-state index contributed by atoms with van der Waals surface area (Å²) in [6.45, 7) is 5.31. The minimum atomic E-state index is -1.59. The summed E-state index contributed by atoms with van der Waals surface area (Å²) >= 11 is 0. The molecule has 0 saturated carbocycles. The van der Waals surface area contributed by atoms with Gasteiger partial charge in [0.15, 0.2) is 18.7 Å². The molecule has 2 N–H and O–H groups in total. The Morgan fingerprint density at radius 2 is 1.18 bits per heavy atom. The lowest BCUT2D eigenvalue weighted by Crippen LogP contribution is -2.65. The molecule has 2 heterocycles. The van der Waals surface area contributed by atoms with E-state index in [4.69, 9.17) is 37.9 Å². The van der Waals surface area contributed by atoms with Crippen molar-refractivity contribution in [2.45, 2.75) is 81.5 Å². The Morgan fingerprint density at radius 3 is 1.75 bits per heavy atom. The molecular weight excluding hydrogens is 708 g/mol. The number of hydrogen-bond donors (Lipinski definition) is 2. The topological polar surface area (TPSA) is 148 Å². The van der Waals surface area contributed by atoms with Gasteiger partial charge in [0, 0.05) is 0 Å². The second kappa shape index (κ2) is 19.7. The maximum atomic E-state index is 13.3. The normalized spacial score (nSPS) is 27.8. The van der Waals surface area contributed by atoms with Crippen LogP contribution >= 0.6 is 0 Å². The number of carbonyl (C=O) groups is 2. The van der Waals surface area contributed by atoms with Crippen LogP contribution < -0.4 is 0 Å². The van der Waals surface area contributed by atoms with E-state index in [0.717, 1.165) is 11.1 Å². The van der Waals surface area contributed by atoms with Crippen molar-refractivity contribution in [2.75, 3.05) is 13.2 Å². The largest absolute Gasteiger partial charge is 0.459 e. The Hall–Kier alpha value is -4.76. The summed E-state index contributed by atoms with van der Waals surface area (Å²) in [6, 6.07) is 35.6. The van der Waals surface area contributed by atoms with Gasteiger partial charge in [0.25, 0.3) is 0 Å². The van der Waals surface area contributed by atoms with Crippen molar-refractivity contribution < 1.29 is 57.7 Å². The van der Waals surface area contributed by atoms with Crippen LogP contribution in [0.25, 0.3) is 0 Å². The fourth-order valence-electron chi connectivity index (χ4n) is 6.47. The first-order chi connectivity index (χ1) is 26.8. The van der Waals surface area contributed by atoms with Crippen LogP contribution in [0.3, 0.4) is 0 Å². The lowest BCUT2D eigenvalue weighted by molar-refractivity contribution is -0.361. The Labute approximate surface area is 320 Å². The van der Waals surface area contributed by atoms with Crippen LogP contribution in [0.1, 0.15) is 38.8 Å². The van der Waals surface area contributed by atoms with Crippen LogP contribution in [-0.2, 0) is 51.1 Å². The summed E-state index contributed by atoms with van der Waals surface area (Å²) in [4.78, 5) is 26.4. The highest BCUT2D eigenvalue weighted by Crippen LogP contribution is 2.34. The quantitative estimate of drug-likeness (QED) is 0.117. The van der Waals surface area contributed by atoms with Crippen LogP contribution in [0, 0.1) is 0 Å². The van der Waals surface area contributed by atoms with Gasteiger partial charge in [-0.3, -0.25) is 0 Å². The molecule has 2 fully saturated rings. The van der Waals surface area contributed by atoms with Gasteiger partial charge < -0.3 is 48.1 Å². The van der Waals surface area contributed by atoms with Crippen molar-refractivity contribution in [2.24, 2.45) is 0 Å². The standard InChI is InChI=1S/C43H46O12/c1-3-24-48-35-28(2)52-43(34(44)37(35)54-41(46)32-22-14-7-15-23-32)55-36-33(27-51-40(45)31-20-12-6-13-21-31)53-42(47)39(50-26-30-18-10-5-11-19-30)38(36)49-25-29-16-8-4-9-17-29/h3-23,28,33-39,42-44,47H,1,24-27H2,2H3/t28-,33+,34+,35-,36-,37-,38-,39+,42+,43-/m0/s1. The van der Waals surface area contributed by atoms with Gasteiger partial charge in [0.05, 0.1) is 37.1 Å². The third-order valence-corrected chi connectivity index (χ3v) is 9.27. The van der Waals surface area contributed by atoms with E-state index >= 15 is 0 Å². The predicted molar refractivity (Wildman–Crippen MR) is 198 cm³/mol. The number of esters is 2. The van der Waals surface area contributed by atoms with E-state index in [1.54, 1.807) is 67.6 Å². The molecule has 4 aromatic carbocycles. The maximum absolute atomic E-state index is 13.3. The molecule has 0 radical (unpaired) electrons. The highest BCUT2D eigenvalue weighted by molar-refractivity contribution is 5.89. The lowest BCUT2D eigenvalue weighted by Gasteiger charge is -2.48. The van der Waals surface area contributed by atoms with E-state index in [9.17, 15) is 19.8 Å². The summed E-state index contributed by atoms with van der Waals surface area (Å²) in [5, 5.41) is 23.3. The van der Waals surface area contributed by atoms with E-state index in [2.05, 4.69) is 6.58 Å². The molecule has 12 nitrogen and oxygen atoms in total. The first kappa shape index (κ1) is 39.9. The second-order valence-corrected chi connectivity index (χ2v) is 13.2. The molecule has 0 aliphatic carbocycles. The number of aliphatic hydroxyl groups excluding tert-OH is 2. The number of hydrogen-bond acceptors (Lipinski definition) is 12.